The van der Waals surface area contributed by atoms with Gasteiger partial charge in [0.2, 0.25) is 0 Å². The van der Waals surface area contributed by atoms with Gasteiger partial charge in [0.05, 0.1) is 11.6 Å². The number of aromatic nitrogens is 1. The van der Waals surface area contributed by atoms with Crippen LogP contribution in [-0.4, -0.2) is 23.0 Å². The largest absolute Gasteiger partial charge is 0.573 e. The van der Waals surface area contributed by atoms with Crippen molar-refractivity contribution in [2.75, 3.05) is 4.90 Å². The highest BCUT2D eigenvalue weighted by atomic mass is 19.4. The molecule has 1 unspecified atom stereocenters. The number of aliphatic imine (C=N–C) groups is 1. The van der Waals surface area contributed by atoms with Gasteiger partial charge in [-0.05, 0) is 55.3 Å². The lowest BCUT2D eigenvalue weighted by atomic mass is 9.95. The van der Waals surface area contributed by atoms with Crippen LogP contribution in [0, 0.1) is 0 Å². The number of pyridine rings is 1. The summed E-state index contributed by atoms with van der Waals surface area (Å²) in [6.07, 6.45) is -8.17. The molecule has 37 heavy (non-hydrogen) atoms. The summed E-state index contributed by atoms with van der Waals surface area (Å²) in [5.74, 6) is -0.893. The number of alkyl halides is 6. The van der Waals surface area contributed by atoms with E-state index in [0.717, 1.165) is 30.0 Å². The van der Waals surface area contributed by atoms with Crippen LogP contribution in [0.3, 0.4) is 0 Å². The summed E-state index contributed by atoms with van der Waals surface area (Å²) in [4.78, 5) is 23.0. The molecule has 1 aliphatic heterocycles. The molecule has 0 aliphatic carbocycles. The van der Waals surface area contributed by atoms with E-state index in [9.17, 15) is 31.1 Å². The van der Waals surface area contributed by atoms with E-state index >= 15 is 0 Å². The third-order valence-electron chi connectivity index (χ3n) is 5.87. The second kappa shape index (κ2) is 9.53. The molecule has 3 aromatic rings. The van der Waals surface area contributed by atoms with Crippen molar-refractivity contribution in [3.8, 4) is 5.75 Å². The van der Waals surface area contributed by atoms with Gasteiger partial charge in [-0.15, -0.1) is 13.2 Å². The molecule has 4 rings (SSSR count). The van der Waals surface area contributed by atoms with E-state index in [1.54, 1.807) is 26.0 Å². The summed E-state index contributed by atoms with van der Waals surface area (Å²) >= 11 is 0. The molecule has 0 N–H and O–H groups in total. The Kier molecular flexibility index (Phi) is 6.74. The molecule has 1 aromatic heterocycles. The van der Waals surface area contributed by atoms with Crippen LogP contribution >= 0.6 is 0 Å². The minimum Gasteiger partial charge on any atom is -0.406 e. The van der Waals surface area contributed by atoms with Crippen molar-refractivity contribution in [1.82, 2.24) is 4.98 Å². The highest BCUT2D eigenvalue weighted by molar-refractivity contribution is 6.46. The minimum atomic E-state index is -4.85. The van der Waals surface area contributed by atoms with Crippen LogP contribution in [0.5, 0.6) is 5.75 Å². The molecule has 0 saturated carbocycles. The van der Waals surface area contributed by atoms with Crippen LogP contribution < -0.4 is 9.64 Å². The van der Waals surface area contributed by atoms with E-state index in [2.05, 4.69) is 14.7 Å². The maximum Gasteiger partial charge on any atom is 0.573 e. The Morgan fingerprint density at radius 3 is 2.11 bits per heavy atom. The Balaban J connectivity index is 1.68. The number of hydrogen-bond acceptors (Lipinski definition) is 4. The van der Waals surface area contributed by atoms with Gasteiger partial charge >= 0.3 is 12.5 Å². The third kappa shape index (κ3) is 5.92. The summed E-state index contributed by atoms with van der Waals surface area (Å²) in [5, 5.41) is 0. The van der Waals surface area contributed by atoms with Gasteiger partial charge in [0.15, 0.2) is 0 Å². The number of halogens is 6. The fourth-order valence-corrected chi connectivity index (χ4v) is 4.11. The molecule has 0 spiro atoms. The number of nitrogens with zero attached hydrogens (tertiary/aromatic N) is 3. The first-order chi connectivity index (χ1) is 17.2. The van der Waals surface area contributed by atoms with E-state index in [4.69, 9.17) is 0 Å². The van der Waals surface area contributed by atoms with Gasteiger partial charge in [0.25, 0.3) is 5.91 Å². The molecule has 5 nitrogen and oxygen atoms in total. The second-order valence-corrected chi connectivity index (χ2v) is 8.89. The van der Waals surface area contributed by atoms with Crippen molar-refractivity contribution in [3.63, 3.8) is 0 Å². The molecular formula is C26H21F6N3O2. The lowest BCUT2D eigenvalue weighted by molar-refractivity contribution is -0.274. The number of ether oxygens (including phenoxy) is 1. The highest BCUT2D eigenvalue weighted by Gasteiger charge is 2.40. The number of anilines is 1. The molecule has 11 heteroatoms. The fraction of sp³-hybridized carbons (Fsp3) is 0.269. The maximum atomic E-state index is 13.5. The predicted octanol–water partition coefficient (Wildman–Crippen LogP) is 6.85. The summed E-state index contributed by atoms with van der Waals surface area (Å²) < 4.78 is 80.3. The molecule has 194 valence electrons. The van der Waals surface area contributed by atoms with Crippen molar-refractivity contribution < 1.29 is 35.9 Å². The zero-order valence-corrected chi connectivity index (χ0v) is 19.6. The molecule has 1 fully saturated rings. The number of benzene rings is 2. The van der Waals surface area contributed by atoms with Crippen LogP contribution in [0.4, 0.5) is 32.0 Å². The SMILES string of the molecule is CC(C)(N=C1CC(c2ccccc2)N(c2ccc(OC(F)(F)F)cc2)C1=O)c1ccc(C(F)(F)F)nc1. The fourth-order valence-electron chi connectivity index (χ4n) is 4.11. The second-order valence-electron chi connectivity index (χ2n) is 8.89. The predicted molar refractivity (Wildman–Crippen MR) is 124 cm³/mol. The molecule has 2 heterocycles. The van der Waals surface area contributed by atoms with Crippen LogP contribution in [0.25, 0.3) is 0 Å². The van der Waals surface area contributed by atoms with Crippen LogP contribution in [-0.2, 0) is 16.5 Å². The van der Waals surface area contributed by atoms with Gasteiger partial charge in [-0.3, -0.25) is 19.7 Å². The van der Waals surface area contributed by atoms with Crippen molar-refractivity contribution >= 4 is 17.3 Å². The summed E-state index contributed by atoms with van der Waals surface area (Å²) in [6.45, 7) is 3.31. The Morgan fingerprint density at radius 1 is 0.919 bits per heavy atom. The molecule has 1 saturated heterocycles. The van der Waals surface area contributed by atoms with Crippen molar-refractivity contribution in [2.45, 2.75) is 44.4 Å². The zero-order valence-electron chi connectivity index (χ0n) is 19.6. The van der Waals surface area contributed by atoms with Crippen LogP contribution in [0.15, 0.2) is 77.9 Å². The normalized spacial score (nSPS) is 17.9. The van der Waals surface area contributed by atoms with Gasteiger partial charge < -0.3 is 4.74 Å². The van der Waals surface area contributed by atoms with E-state index in [1.165, 1.54) is 23.1 Å². The van der Waals surface area contributed by atoms with Crippen molar-refractivity contribution in [3.05, 3.63) is 89.7 Å². The van der Waals surface area contributed by atoms with Crippen molar-refractivity contribution in [2.24, 2.45) is 4.99 Å². The highest BCUT2D eigenvalue weighted by Crippen LogP contribution is 2.39. The first kappa shape index (κ1) is 26.2. The van der Waals surface area contributed by atoms with Crippen LogP contribution in [0.2, 0.25) is 0 Å². The van der Waals surface area contributed by atoms with Gasteiger partial charge in [0, 0.05) is 18.3 Å². The Morgan fingerprint density at radius 2 is 1.57 bits per heavy atom. The maximum absolute atomic E-state index is 13.5. The molecule has 0 bridgehead atoms. The minimum absolute atomic E-state index is 0.175. The van der Waals surface area contributed by atoms with Crippen LogP contribution in [0.1, 0.15) is 43.1 Å². The standard InChI is InChI=1S/C26H21F6N3O2/c1-24(2,17-8-13-22(33-15-17)25(27,28)29)34-20-14-21(16-6-4-3-5-7-16)35(23(20)36)18-9-11-19(12-10-18)37-26(30,31)32/h3-13,15,21H,14H2,1-2H3. The lowest BCUT2D eigenvalue weighted by Gasteiger charge is -2.25. The van der Waals surface area contributed by atoms with E-state index in [1.807, 2.05) is 18.2 Å². The van der Waals surface area contributed by atoms with E-state index < -0.39 is 41.5 Å². The lowest BCUT2D eigenvalue weighted by Crippen LogP contribution is -2.30. The zero-order chi connectivity index (χ0) is 27.0. The molecule has 0 radical (unpaired) electrons. The van der Waals surface area contributed by atoms with Gasteiger partial charge in [0.1, 0.15) is 17.2 Å². The third-order valence-corrected chi connectivity index (χ3v) is 5.87. The number of rotatable bonds is 5. The number of amides is 1. The number of hydrogen-bond donors (Lipinski definition) is 0. The number of carbonyl (C=O) groups excluding carboxylic acids is 1. The first-order valence-corrected chi connectivity index (χ1v) is 11.1. The summed E-state index contributed by atoms with van der Waals surface area (Å²) in [6, 6.07) is 15.6. The topological polar surface area (TPSA) is 54.8 Å². The quantitative estimate of drug-likeness (QED) is 0.345. The molecule has 2 aromatic carbocycles. The Bertz CT molecular complexity index is 1290. The molecule has 1 atom stereocenters. The van der Waals surface area contributed by atoms with E-state index in [0.29, 0.717) is 11.3 Å². The smallest absolute Gasteiger partial charge is 0.406 e. The van der Waals surface area contributed by atoms with Crippen molar-refractivity contribution in [1.29, 1.82) is 0 Å². The Hall–Kier alpha value is -3.89. The average Bonchev–Trinajstić information content (AvgIpc) is 3.14. The summed E-state index contributed by atoms with van der Waals surface area (Å²) in [7, 11) is 0. The summed E-state index contributed by atoms with van der Waals surface area (Å²) in [5.41, 5.74) is -0.439. The van der Waals surface area contributed by atoms with E-state index in [-0.39, 0.29) is 12.1 Å². The Labute approximate surface area is 208 Å². The van der Waals surface area contributed by atoms with Gasteiger partial charge in [-0.25, -0.2) is 0 Å². The monoisotopic (exact) mass is 521 g/mol. The molecular weight excluding hydrogens is 500 g/mol. The average molecular weight is 521 g/mol. The number of carbonyl (C=O) groups is 1. The first-order valence-electron chi connectivity index (χ1n) is 11.1. The molecule has 1 aliphatic rings. The van der Waals surface area contributed by atoms with Gasteiger partial charge in [-0.1, -0.05) is 36.4 Å². The van der Waals surface area contributed by atoms with Gasteiger partial charge in [-0.2, -0.15) is 13.2 Å². The molecule has 1 amide bonds.